The van der Waals surface area contributed by atoms with E-state index in [9.17, 15) is 9.59 Å². The van der Waals surface area contributed by atoms with E-state index >= 15 is 0 Å². The number of hydrogen-bond donors (Lipinski definition) is 0. The molecule has 0 spiro atoms. The number of carbonyl (C=O) groups is 1. The summed E-state index contributed by atoms with van der Waals surface area (Å²) in [5.74, 6) is 1.83. The van der Waals surface area contributed by atoms with Crippen molar-refractivity contribution in [1.29, 1.82) is 0 Å². The highest BCUT2D eigenvalue weighted by atomic mass is 16.5. The molecule has 0 bridgehead atoms. The fourth-order valence-corrected chi connectivity index (χ4v) is 4.16. The van der Waals surface area contributed by atoms with E-state index in [1.807, 2.05) is 33.7 Å². The highest BCUT2D eigenvalue weighted by Crippen LogP contribution is 2.37. The predicted octanol–water partition coefficient (Wildman–Crippen LogP) is 1.98. The average molecular weight is 415 g/mol. The lowest BCUT2D eigenvalue weighted by Gasteiger charge is -2.32. The SMILES string of the molecule is COCCn1nc(C2CCCN(C(=O)Cc3ccc(OC)cc3)C2)n(C2CC2)c1=O. The molecule has 1 atom stereocenters. The zero-order chi connectivity index (χ0) is 21.1. The van der Waals surface area contributed by atoms with Gasteiger partial charge in [0.25, 0.3) is 0 Å². The Balaban J connectivity index is 1.48. The van der Waals surface area contributed by atoms with E-state index in [2.05, 4.69) is 5.10 Å². The Bertz CT molecular complexity index is 930. The number of nitrogens with zero attached hydrogens (tertiary/aromatic N) is 4. The second kappa shape index (κ2) is 9.04. The van der Waals surface area contributed by atoms with Crippen molar-refractivity contribution in [2.24, 2.45) is 0 Å². The molecule has 2 heterocycles. The summed E-state index contributed by atoms with van der Waals surface area (Å²) in [6.07, 6.45) is 4.28. The van der Waals surface area contributed by atoms with Crippen molar-refractivity contribution in [2.75, 3.05) is 33.9 Å². The van der Waals surface area contributed by atoms with E-state index in [1.54, 1.807) is 14.2 Å². The third-order valence-corrected chi connectivity index (χ3v) is 5.97. The van der Waals surface area contributed by atoms with Crippen LogP contribution in [-0.4, -0.2) is 59.1 Å². The molecule has 1 amide bonds. The van der Waals surface area contributed by atoms with E-state index in [0.29, 0.717) is 26.1 Å². The van der Waals surface area contributed by atoms with E-state index in [1.165, 1.54) is 4.68 Å². The Hall–Kier alpha value is -2.61. The van der Waals surface area contributed by atoms with Gasteiger partial charge in [-0.05, 0) is 43.4 Å². The van der Waals surface area contributed by atoms with Crippen LogP contribution in [-0.2, 0) is 22.5 Å². The molecule has 1 aliphatic carbocycles. The van der Waals surface area contributed by atoms with Crippen molar-refractivity contribution in [2.45, 2.75) is 50.6 Å². The summed E-state index contributed by atoms with van der Waals surface area (Å²) in [7, 11) is 3.25. The Morgan fingerprint density at radius 3 is 2.60 bits per heavy atom. The number of aromatic nitrogens is 3. The summed E-state index contributed by atoms with van der Waals surface area (Å²) in [5.41, 5.74) is 0.924. The molecule has 0 radical (unpaired) electrons. The molecule has 2 aromatic rings. The lowest BCUT2D eigenvalue weighted by molar-refractivity contribution is -0.131. The minimum atomic E-state index is -0.0498. The zero-order valence-electron chi connectivity index (χ0n) is 17.7. The van der Waals surface area contributed by atoms with Crippen LogP contribution in [0.1, 0.15) is 49.0 Å². The van der Waals surface area contributed by atoms with Crippen LogP contribution >= 0.6 is 0 Å². The van der Waals surface area contributed by atoms with Gasteiger partial charge in [-0.2, -0.15) is 5.10 Å². The monoisotopic (exact) mass is 414 g/mol. The molecule has 1 aromatic carbocycles. The molecule has 2 fully saturated rings. The second-order valence-corrected chi connectivity index (χ2v) is 8.16. The van der Waals surface area contributed by atoms with Crippen LogP contribution in [0.4, 0.5) is 0 Å². The minimum absolute atomic E-state index is 0.0498. The van der Waals surface area contributed by atoms with Gasteiger partial charge in [-0.25, -0.2) is 9.48 Å². The molecule has 1 unspecified atom stereocenters. The van der Waals surface area contributed by atoms with Gasteiger partial charge in [-0.1, -0.05) is 12.1 Å². The maximum Gasteiger partial charge on any atom is 0.346 e. The molecule has 1 aliphatic heterocycles. The van der Waals surface area contributed by atoms with Crippen molar-refractivity contribution in [1.82, 2.24) is 19.2 Å². The highest BCUT2D eigenvalue weighted by Gasteiger charge is 2.35. The van der Waals surface area contributed by atoms with E-state index in [4.69, 9.17) is 9.47 Å². The fourth-order valence-electron chi connectivity index (χ4n) is 4.16. The van der Waals surface area contributed by atoms with Crippen molar-refractivity contribution < 1.29 is 14.3 Å². The maximum absolute atomic E-state index is 12.9. The van der Waals surface area contributed by atoms with Gasteiger partial charge in [-0.3, -0.25) is 9.36 Å². The van der Waals surface area contributed by atoms with E-state index in [0.717, 1.165) is 49.4 Å². The Kier molecular flexibility index (Phi) is 6.22. The molecule has 8 nitrogen and oxygen atoms in total. The van der Waals surface area contributed by atoms with Gasteiger partial charge in [0, 0.05) is 32.2 Å². The summed E-state index contributed by atoms with van der Waals surface area (Å²) in [4.78, 5) is 27.7. The van der Waals surface area contributed by atoms with Crippen molar-refractivity contribution in [3.63, 3.8) is 0 Å². The number of likely N-dealkylation sites (tertiary alicyclic amines) is 1. The van der Waals surface area contributed by atoms with Crippen LogP contribution in [0.15, 0.2) is 29.1 Å². The lowest BCUT2D eigenvalue weighted by atomic mass is 9.96. The van der Waals surface area contributed by atoms with Gasteiger partial charge < -0.3 is 14.4 Å². The largest absolute Gasteiger partial charge is 0.497 e. The summed E-state index contributed by atoms with van der Waals surface area (Å²) < 4.78 is 13.7. The van der Waals surface area contributed by atoms with Gasteiger partial charge in [0.1, 0.15) is 11.6 Å². The summed E-state index contributed by atoms with van der Waals surface area (Å²) >= 11 is 0. The summed E-state index contributed by atoms with van der Waals surface area (Å²) in [6.45, 7) is 2.28. The molecular weight excluding hydrogens is 384 g/mol. The number of carbonyl (C=O) groups excluding carboxylic acids is 1. The topological polar surface area (TPSA) is 78.6 Å². The first-order chi connectivity index (χ1) is 14.6. The number of methoxy groups -OCH3 is 2. The van der Waals surface area contributed by atoms with E-state index < -0.39 is 0 Å². The van der Waals surface area contributed by atoms with E-state index in [-0.39, 0.29) is 23.6 Å². The predicted molar refractivity (Wildman–Crippen MR) is 112 cm³/mol. The Labute approximate surface area is 176 Å². The molecule has 1 saturated carbocycles. The summed E-state index contributed by atoms with van der Waals surface area (Å²) in [5, 5.41) is 4.66. The minimum Gasteiger partial charge on any atom is -0.497 e. The van der Waals surface area contributed by atoms with Crippen LogP contribution in [0.3, 0.4) is 0 Å². The molecule has 4 rings (SSSR count). The fraction of sp³-hybridized carbons (Fsp3) is 0.591. The van der Waals surface area contributed by atoms with Crippen LogP contribution in [0, 0.1) is 0 Å². The Morgan fingerprint density at radius 1 is 1.17 bits per heavy atom. The molecular formula is C22H30N4O4. The van der Waals surface area contributed by atoms with Crippen LogP contribution < -0.4 is 10.4 Å². The van der Waals surface area contributed by atoms with Crippen LogP contribution in [0.2, 0.25) is 0 Å². The third kappa shape index (κ3) is 4.43. The molecule has 2 aliphatic rings. The first-order valence-corrected chi connectivity index (χ1v) is 10.7. The highest BCUT2D eigenvalue weighted by molar-refractivity contribution is 5.79. The second-order valence-electron chi connectivity index (χ2n) is 8.16. The lowest BCUT2D eigenvalue weighted by Crippen LogP contribution is -2.40. The number of rotatable bonds is 8. The zero-order valence-corrected chi connectivity index (χ0v) is 17.7. The smallest absolute Gasteiger partial charge is 0.346 e. The average Bonchev–Trinajstić information content (AvgIpc) is 3.56. The number of ether oxygens (including phenoxy) is 2. The van der Waals surface area contributed by atoms with Crippen LogP contribution in [0.5, 0.6) is 5.75 Å². The first-order valence-electron chi connectivity index (χ1n) is 10.7. The maximum atomic E-state index is 12.9. The summed E-state index contributed by atoms with van der Waals surface area (Å²) in [6, 6.07) is 7.88. The van der Waals surface area contributed by atoms with Gasteiger partial charge in [0.2, 0.25) is 5.91 Å². The number of piperidine rings is 1. The quantitative estimate of drug-likeness (QED) is 0.660. The first kappa shape index (κ1) is 20.7. The van der Waals surface area contributed by atoms with Crippen molar-refractivity contribution in [3.05, 3.63) is 46.1 Å². The molecule has 1 saturated heterocycles. The molecule has 162 valence electrons. The number of amides is 1. The molecule has 1 aromatic heterocycles. The third-order valence-electron chi connectivity index (χ3n) is 5.97. The van der Waals surface area contributed by atoms with Gasteiger partial charge in [0.05, 0.1) is 26.7 Å². The van der Waals surface area contributed by atoms with Crippen molar-refractivity contribution in [3.8, 4) is 5.75 Å². The number of hydrogen-bond acceptors (Lipinski definition) is 5. The standard InChI is InChI=1S/C22H30N4O4/c1-29-13-12-25-22(28)26(18-7-8-18)21(23-25)17-4-3-11-24(15-17)20(27)14-16-5-9-19(30-2)10-6-16/h5-6,9-10,17-18H,3-4,7-8,11-15H2,1-2H3. The van der Waals surface area contributed by atoms with Crippen LogP contribution in [0.25, 0.3) is 0 Å². The van der Waals surface area contributed by atoms with Gasteiger partial charge in [-0.15, -0.1) is 0 Å². The van der Waals surface area contributed by atoms with Gasteiger partial charge >= 0.3 is 5.69 Å². The van der Waals surface area contributed by atoms with Crippen molar-refractivity contribution >= 4 is 5.91 Å². The molecule has 0 N–H and O–H groups in total. The molecule has 8 heteroatoms. The molecule has 30 heavy (non-hydrogen) atoms. The normalized spacial score (nSPS) is 19.1. The van der Waals surface area contributed by atoms with Gasteiger partial charge in [0.15, 0.2) is 0 Å². The number of benzene rings is 1. The Morgan fingerprint density at radius 2 is 1.93 bits per heavy atom.